The molecule has 1 amide bonds. The Morgan fingerprint density at radius 3 is 2.94 bits per heavy atom. The second kappa shape index (κ2) is 5.70. The molecule has 1 aliphatic carbocycles. The average molecular weight is 242 g/mol. The third kappa shape index (κ3) is 3.35. The Morgan fingerprint density at radius 1 is 1.50 bits per heavy atom. The summed E-state index contributed by atoms with van der Waals surface area (Å²) in [6.07, 6.45) is 2.50. The normalized spacial score (nSPS) is 13.7. The lowest BCUT2D eigenvalue weighted by molar-refractivity contribution is 0.0788. The summed E-state index contributed by atoms with van der Waals surface area (Å²) in [5, 5.41) is 0. The van der Waals surface area contributed by atoms with Crippen LogP contribution in [0.2, 0.25) is 0 Å². The first kappa shape index (κ1) is 12.7. The fourth-order valence-corrected chi connectivity index (χ4v) is 1.87. The third-order valence-corrected chi connectivity index (χ3v) is 3.02. The number of benzene rings is 1. The predicted molar refractivity (Wildman–Crippen MR) is 72.1 cm³/mol. The van der Waals surface area contributed by atoms with Crippen molar-refractivity contribution in [1.82, 2.24) is 4.90 Å². The number of nitrogens with two attached hydrogens (primary N) is 1. The molecule has 0 bridgehead atoms. The second-order valence-corrected chi connectivity index (χ2v) is 4.72. The summed E-state index contributed by atoms with van der Waals surface area (Å²) in [5.41, 5.74) is 6.87. The molecular weight excluding hydrogens is 224 g/mol. The first-order valence-electron chi connectivity index (χ1n) is 6.25. The summed E-state index contributed by atoms with van der Waals surface area (Å²) in [7, 11) is 1.86. The van der Waals surface area contributed by atoms with E-state index in [2.05, 4.69) is 11.8 Å². The zero-order valence-corrected chi connectivity index (χ0v) is 10.6. The van der Waals surface area contributed by atoms with E-state index >= 15 is 0 Å². The van der Waals surface area contributed by atoms with Gasteiger partial charge in [-0.15, -0.1) is 0 Å². The average Bonchev–Trinajstić information content (AvgIpc) is 3.19. The van der Waals surface area contributed by atoms with Gasteiger partial charge in [0.05, 0.1) is 6.54 Å². The maximum absolute atomic E-state index is 12.2. The van der Waals surface area contributed by atoms with Crippen LogP contribution in [0.3, 0.4) is 0 Å². The van der Waals surface area contributed by atoms with Gasteiger partial charge in [0.15, 0.2) is 0 Å². The summed E-state index contributed by atoms with van der Waals surface area (Å²) in [6.45, 7) is 1.19. The fraction of sp³-hybridized carbons (Fsp3) is 0.400. The Labute approximate surface area is 108 Å². The topological polar surface area (TPSA) is 46.3 Å². The smallest absolute Gasteiger partial charge is 0.253 e. The Balaban J connectivity index is 2.08. The Kier molecular flexibility index (Phi) is 4.01. The molecule has 0 unspecified atom stereocenters. The number of hydrogen-bond acceptors (Lipinski definition) is 2. The summed E-state index contributed by atoms with van der Waals surface area (Å²) in [6, 6.07) is 7.41. The summed E-state index contributed by atoms with van der Waals surface area (Å²) >= 11 is 0. The standard InChI is InChI=1S/C15H18N2O/c1-17(11-13-7-8-13)15(18)14-6-2-4-12(10-14)5-3-9-16/h2,4,6,10,13H,7-9,11,16H2,1H3. The van der Waals surface area contributed by atoms with Gasteiger partial charge in [0.1, 0.15) is 0 Å². The lowest BCUT2D eigenvalue weighted by Gasteiger charge is -2.16. The first-order valence-corrected chi connectivity index (χ1v) is 6.25. The number of rotatable bonds is 3. The van der Waals surface area contributed by atoms with Gasteiger partial charge >= 0.3 is 0 Å². The van der Waals surface area contributed by atoms with Crippen molar-refractivity contribution >= 4 is 5.91 Å². The molecular formula is C15H18N2O. The third-order valence-electron chi connectivity index (χ3n) is 3.02. The summed E-state index contributed by atoms with van der Waals surface area (Å²) in [5.74, 6) is 6.52. The van der Waals surface area contributed by atoms with Gasteiger partial charge in [0.25, 0.3) is 5.91 Å². The van der Waals surface area contributed by atoms with Gasteiger partial charge in [0, 0.05) is 24.7 Å². The van der Waals surface area contributed by atoms with Crippen LogP contribution in [0, 0.1) is 17.8 Å². The number of carbonyl (C=O) groups is 1. The molecule has 1 aromatic rings. The summed E-state index contributed by atoms with van der Waals surface area (Å²) in [4.78, 5) is 14.0. The zero-order valence-electron chi connectivity index (χ0n) is 10.6. The fourth-order valence-electron chi connectivity index (χ4n) is 1.87. The minimum Gasteiger partial charge on any atom is -0.341 e. The molecule has 18 heavy (non-hydrogen) atoms. The number of hydrogen-bond donors (Lipinski definition) is 1. The van der Waals surface area contributed by atoms with Crippen LogP contribution in [-0.2, 0) is 0 Å². The predicted octanol–water partition coefficient (Wildman–Crippen LogP) is 1.48. The summed E-state index contributed by atoms with van der Waals surface area (Å²) < 4.78 is 0. The molecule has 0 spiro atoms. The molecule has 1 aliphatic rings. The molecule has 0 saturated heterocycles. The molecule has 3 nitrogen and oxygen atoms in total. The van der Waals surface area contributed by atoms with E-state index in [-0.39, 0.29) is 5.91 Å². The SMILES string of the molecule is CN(CC1CC1)C(=O)c1cccc(C#CCN)c1. The van der Waals surface area contributed by atoms with E-state index in [0.29, 0.717) is 18.0 Å². The largest absolute Gasteiger partial charge is 0.341 e. The minimum atomic E-state index is 0.0679. The molecule has 0 heterocycles. The van der Waals surface area contributed by atoms with E-state index in [4.69, 9.17) is 5.73 Å². The van der Waals surface area contributed by atoms with Crippen LogP contribution in [0.5, 0.6) is 0 Å². The van der Waals surface area contributed by atoms with Gasteiger partial charge in [-0.1, -0.05) is 17.9 Å². The molecule has 94 valence electrons. The van der Waals surface area contributed by atoms with Crippen molar-refractivity contribution < 1.29 is 4.79 Å². The van der Waals surface area contributed by atoms with Crippen LogP contribution in [0.4, 0.5) is 0 Å². The monoisotopic (exact) mass is 242 g/mol. The number of carbonyl (C=O) groups excluding carboxylic acids is 1. The molecule has 0 radical (unpaired) electrons. The maximum Gasteiger partial charge on any atom is 0.253 e. The molecule has 0 atom stereocenters. The molecule has 0 aliphatic heterocycles. The highest BCUT2D eigenvalue weighted by Crippen LogP contribution is 2.29. The Hall–Kier alpha value is -1.79. The van der Waals surface area contributed by atoms with Crippen LogP contribution in [0.15, 0.2) is 24.3 Å². The molecule has 3 heteroatoms. The van der Waals surface area contributed by atoms with Crippen LogP contribution in [-0.4, -0.2) is 30.9 Å². The molecule has 1 aromatic carbocycles. The molecule has 1 saturated carbocycles. The lowest BCUT2D eigenvalue weighted by atomic mass is 10.1. The van der Waals surface area contributed by atoms with E-state index in [0.717, 1.165) is 12.1 Å². The van der Waals surface area contributed by atoms with E-state index in [1.165, 1.54) is 12.8 Å². The van der Waals surface area contributed by atoms with Crippen molar-refractivity contribution in [3.8, 4) is 11.8 Å². The lowest BCUT2D eigenvalue weighted by Crippen LogP contribution is -2.28. The van der Waals surface area contributed by atoms with Gasteiger partial charge in [-0.25, -0.2) is 0 Å². The van der Waals surface area contributed by atoms with Gasteiger partial charge in [0.2, 0.25) is 0 Å². The second-order valence-electron chi connectivity index (χ2n) is 4.72. The van der Waals surface area contributed by atoms with Gasteiger partial charge < -0.3 is 10.6 Å². The van der Waals surface area contributed by atoms with Crippen molar-refractivity contribution in [1.29, 1.82) is 0 Å². The number of amides is 1. The van der Waals surface area contributed by atoms with Crippen LogP contribution < -0.4 is 5.73 Å². The van der Waals surface area contributed by atoms with Crippen molar-refractivity contribution in [3.63, 3.8) is 0 Å². The number of nitrogens with zero attached hydrogens (tertiary/aromatic N) is 1. The minimum absolute atomic E-state index is 0.0679. The van der Waals surface area contributed by atoms with Crippen LogP contribution in [0.1, 0.15) is 28.8 Å². The van der Waals surface area contributed by atoms with E-state index in [9.17, 15) is 4.79 Å². The van der Waals surface area contributed by atoms with Crippen molar-refractivity contribution in [2.75, 3.05) is 20.1 Å². The highest BCUT2D eigenvalue weighted by Gasteiger charge is 2.25. The van der Waals surface area contributed by atoms with Gasteiger partial charge in [-0.05, 0) is 37.0 Å². The van der Waals surface area contributed by atoms with Crippen LogP contribution >= 0.6 is 0 Å². The Bertz CT molecular complexity index is 495. The molecule has 1 fully saturated rings. The van der Waals surface area contributed by atoms with Gasteiger partial charge in [-0.3, -0.25) is 4.79 Å². The molecule has 2 N–H and O–H groups in total. The highest BCUT2D eigenvalue weighted by molar-refractivity contribution is 5.94. The van der Waals surface area contributed by atoms with Crippen LogP contribution in [0.25, 0.3) is 0 Å². The zero-order chi connectivity index (χ0) is 13.0. The van der Waals surface area contributed by atoms with Crippen molar-refractivity contribution in [3.05, 3.63) is 35.4 Å². The van der Waals surface area contributed by atoms with E-state index in [1.807, 2.05) is 31.3 Å². The molecule has 2 rings (SSSR count). The van der Waals surface area contributed by atoms with Crippen molar-refractivity contribution in [2.24, 2.45) is 11.7 Å². The quantitative estimate of drug-likeness (QED) is 0.816. The van der Waals surface area contributed by atoms with Gasteiger partial charge in [-0.2, -0.15) is 0 Å². The Morgan fingerprint density at radius 2 is 2.28 bits per heavy atom. The molecule has 0 aromatic heterocycles. The van der Waals surface area contributed by atoms with E-state index in [1.54, 1.807) is 4.90 Å². The highest BCUT2D eigenvalue weighted by atomic mass is 16.2. The maximum atomic E-state index is 12.2. The first-order chi connectivity index (χ1) is 8.70. The van der Waals surface area contributed by atoms with Crippen molar-refractivity contribution in [2.45, 2.75) is 12.8 Å². The van der Waals surface area contributed by atoms with E-state index < -0.39 is 0 Å².